The number of hydrogen-bond acceptors (Lipinski definition) is 5. The second kappa shape index (κ2) is 12.3. The van der Waals surface area contributed by atoms with Crippen LogP contribution in [-0.4, -0.2) is 49.0 Å². The average Bonchev–Trinajstić information content (AvgIpc) is 2.84. The normalized spacial score (nSPS) is 10.8. The summed E-state index contributed by atoms with van der Waals surface area (Å²) >= 11 is 5.64. The van der Waals surface area contributed by atoms with Gasteiger partial charge in [0.05, 0.1) is 26.3 Å². The summed E-state index contributed by atoms with van der Waals surface area (Å²) in [6.45, 7) is 4.59. The van der Waals surface area contributed by atoms with Gasteiger partial charge in [-0.1, -0.05) is 12.1 Å². The molecule has 0 amide bonds. The average molecular weight is 488 g/mol. The van der Waals surface area contributed by atoms with Crippen LogP contribution in [0.2, 0.25) is 0 Å². The second-order valence-electron chi connectivity index (χ2n) is 7.68. The molecule has 7 nitrogen and oxygen atoms in total. The van der Waals surface area contributed by atoms with Crippen molar-refractivity contribution < 1.29 is 18.6 Å². The number of ether oxygens (including phenoxy) is 3. The molecule has 2 N–H and O–H groups in total. The van der Waals surface area contributed by atoms with Gasteiger partial charge in [0.1, 0.15) is 5.82 Å². The monoisotopic (exact) mass is 487 g/mol. The molecule has 0 fully saturated rings. The lowest BCUT2D eigenvalue weighted by Crippen LogP contribution is -2.40. The maximum absolute atomic E-state index is 13.4. The molecule has 0 bridgehead atoms. The molecule has 0 radical (unpaired) electrons. The summed E-state index contributed by atoms with van der Waals surface area (Å²) in [5.74, 6) is 0.804. The van der Waals surface area contributed by atoms with Crippen molar-refractivity contribution in [2.24, 2.45) is 0 Å². The van der Waals surface area contributed by atoms with Crippen molar-refractivity contribution in [3.05, 3.63) is 69.8 Å². The van der Waals surface area contributed by atoms with Crippen molar-refractivity contribution in [1.82, 2.24) is 15.2 Å². The number of pyridine rings is 1. The van der Waals surface area contributed by atoms with E-state index in [0.717, 1.165) is 17.4 Å². The summed E-state index contributed by atoms with van der Waals surface area (Å²) in [5.41, 5.74) is 1.85. The molecule has 182 valence electrons. The van der Waals surface area contributed by atoms with E-state index in [-0.39, 0.29) is 17.9 Å². The predicted molar refractivity (Wildman–Crippen MR) is 135 cm³/mol. The molecule has 3 rings (SSSR count). The number of H-pyrrole nitrogens is 1. The van der Waals surface area contributed by atoms with Gasteiger partial charge in [-0.15, -0.1) is 0 Å². The Morgan fingerprint density at radius 2 is 1.79 bits per heavy atom. The SMILES string of the molecule is CCOCCCNC(=S)N(Cc1ccc(F)cc1)Cc1cc2cc(OC)c(OC)cc2[nH]c1=O. The van der Waals surface area contributed by atoms with E-state index >= 15 is 0 Å². The molecule has 1 aromatic heterocycles. The number of aromatic amines is 1. The van der Waals surface area contributed by atoms with Crippen LogP contribution in [0.25, 0.3) is 10.9 Å². The third kappa shape index (κ3) is 6.68. The minimum atomic E-state index is -0.303. The molecule has 0 aliphatic heterocycles. The van der Waals surface area contributed by atoms with E-state index in [4.69, 9.17) is 26.4 Å². The molecule has 3 aromatic rings. The first kappa shape index (κ1) is 25.5. The van der Waals surface area contributed by atoms with Crippen LogP contribution in [0.1, 0.15) is 24.5 Å². The zero-order valence-electron chi connectivity index (χ0n) is 19.7. The summed E-state index contributed by atoms with van der Waals surface area (Å²) < 4.78 is 29.5. The van der Waals surface area contributed by atoms with E-state index in [1.54, 1.807) is 32.4 Å². The summed E-state index contributed by atoms with van der Waals surface area (Å²) in [6.07, 6.45) is 0.802. The van der Waals surface area contributed by atoms with E-state index in [2.05, 4.69) is 10.3 Å². The Hall–Kier alpha value is -3.17. The highest BCUT2D eigenvalue weighted by Crippen LogP contribution is 2.31. The van der Waals surface area contributed by atoms with E-state index in [1.807, 2.05) is 24.0 Å². The number of rotatable bonds is 11. The van der Waals surface area contributed by atoms with Gasteiger partial charge in [-0.25, -0.2) is 4.39 Å². The van der Waals surface area contributed by atoms with E-state index in [1.165, 1.54) is 12.1 Å². The number of halogens is 1. The lowest BCUT2D eigenvalue weighted by atomic mass is 10.1. The molecule has 1 heterocycles. The number of nitrogens with zero attached hydrogens (tertiary/aromatic N) is 1. The fraction of sp³-hybridized carbons (Fsp3) is 0.360. The third-order valence-electron chi connectivity index (χ3n) is 5.31. The minimum absolute atomic E-state index is 0.219. The lowest BCUT2D eigenvalue weighted by molar-refractivity contribution is 0.145. The van der Waals surface area contributed by atoms with Crippen LogP contribution in [-0.2, 0) is 17.8 Å². The number of thiocarbonyl (C=S) groups is 1. The number of fused-ring (bicyclic) bond motifs is 1. The summed E-state index contributed by atoms with van der Waals surface area (Å²) in [7, 11) is 3.11. The van der Waals surface area contributed by atoms with Crippen molar-refractivity contribution in [3.8, 4) is 11.5 Å². The largest absolute Gasteiger partial charge is 0.493 e. The molecule has 0 unspecified atom stereocenters. The van der Waals surface area contributed by atoms with Gasteiger partial charge in [-0.3, -0.25) is 4.79 Å². The van der Waals surface area contributed by atoms with Crippen LogP contribution in [0, 0.1) is 5.82 Å². The zero-order chi connectivity index (χ0) is 24.5. The van der Waals surface area contributed by atoms with Crippen LogP contribution in [0.5, 0.6) is 11.5 Å². The Labute approximate surface area is 203 Å². The predicted octanol–water partition coefficient (Wildman–Crippen LogP) is 3.99. The van der Waals surface area contributed by atoms with E-state index < -0.39 is 0 Å². The number of methoxy groups -OCH3 is 2. The highest BCUT2D eigenvalue weighted by atomic mass is 32.1. The Bertz CT molecular complexity index is 1170. The lowest BCUT2D eigenvalue weighted by Gasteiger charge is -2.26. The van der Waals surface area contributed by atoms with Gasteiger partial charge in [0.15, 0.2) is 16.6 Å². The molecule has 34 heavy (non-hydrogen) atoms. The van der Waals surface area contributed by atoms with Crippen LogP contribution >= 0.6 is 12.2 Å². The standard InChI is InChI=1S/C25H30FN3O4S/c1-4-33-11-5-10-27-25(34)29(15-17-6-8-20(26)9-7-17)16-19-12-18-13-22(31-2)23(32-3)14-21(18)28-24(19)30/h6-9,12-14H,4-5,10-11,15-16H2,1-3H3,(H,27,34)(H,28,30). The molecular formula is C25H30FN3O4S. The molecule has 0 saturated carbocycles. The first-order chi connectivity index (χ1) is 16.4. The van der Waals surface area contributed by atoms with Gasteiger partial charge >= 0.3 is 0 Å². The van der Waals surface area contributed by atoms with Crippen molar-refractivity contribution in [1.29, 1.82) is 0 Å². The van der Waals surface area contributed by atoms with Crippen LogP contribution < -0.4 is 20.3 Å². The Morgan fingerprint density at radius 1 is 1.09 bits per heavy atom. The van der Waals surface area contributed by atoms with Gasteiger partial charge in [-0.2, -0.15) is 0 Å². The molecule has 0 aliphatic rings. The molecule has 0 aliphatic carbocycles. The van der Waals surface area contributed by atoms with E-state index in [0.29, 0.717) is 54.0 Å². The smallest absolute Gasteiger partial charge is 0.253 e. The highest BCUT2D eigenvalue weighted by Gasteiger charge is 2.15. The van der Waals surface area contributed by atoms with E-state index in [9.17, 15) is 9.18 Å². The van der Waals surface area contributed by atoms with Crippen LogP contribution in [0.4, 0.5) is 4.39 Å². The van der Waals surface area contributed by atoms with Crippen molar-refractivity contribution >= 4 is 28.2 Å². The van der Waals surface area contributed by atoms with Crippen molar-refractivity contribution in [3.63, 3.8) is 0 Å². The maximum Gasteiger partial charge on any atom is 0.253 e. The fourth-order valence-electron chi connectivity index (χ4n) is 3.54. The molecule has 0 spiro atoms. The highest BCUT2D eigenvalue weighted by molar-refractivity contribution is 7.80. The van der Waals surface area contributed by atoms with Crippen molar-refractivity contribution in [2.75, 3.05) is 34.0 Å². The Morgan fingerprint density at radius 3 is 2.47 bits per heavy atom. The van der Waals surface area contributed by atoms with Gasteiger partial charge in [0.25, 0.3) is 5.56 Å². The third-order valence-corrected chi connectivity index (χ3v) is 5.71. The zero-order valence-corrected chi connectivity index (χ0v) is 20.5. The summed E-state index contributed by atoms with van der Waals surface area (Å²) in [6, 6.07) is 11.6. The number of nitrogens with one attached hydrogen (secondary N) is 2. The maximum atomic E-state index is 13.4. The van der Waals surface area contributed by atoms with Gasteiger partial charge in [0.2, 0.25) is 0 Å². The number of hydrogen-bond donors (Lipinski definition) is 2. The minimum Gasteiger partial charge on any atom is -0.493 e. The summed E-state index contributed by atoms with van der Waals surface area (Å²) in [4.78, 5) is 17.7. The molecular weight excluding hydrogens is 457 g/mol. The quantitative estimate of drug-likeness (QED) is 0.313. The first-order valence-electron chi connectivity index (χ1n) is 11.1. The first-order valence-corrected chi connectivity index (χ1v) is 11.5. The Kier molecular flexibility index (Phi) is 9.24. The van der Waals surface area contributed by atoms with Crippen molar-refractivity contribution in [2.45, 2.75) is 26.4 Å². The van der Waals surface area contributed by atoms with Gasteiger partial charge in [0, 0.05) is 43.3 Å². The number of aromatic nitrogens is 1. The molecule has 2 aromatic carbocycles. The van der Waals surface area contributed by atoms with Crippen LogP contribution in [0.15, 0.2) is 47.3 Å². The fourth-order valence-corrected chi connectivity index (χ4v) is 3.77. The molecule has 0 saturated heterocycles. The Balaban J connectivity index is 1.86. The molecule has 9 heteroatoms. The topological polar surface area (TPSA) is 75.8 Å². The number of benzene rings is 2. The molecule has 0 atom stereocenters. The van der Waals surface area contributed by atoms with Gasteiger partial charge < -0.3 is 29.4 Å². The van der Waals surface area contributed by atoms with Crippen LogP contribution in [0.3, 0.4) is 0 Å². The van der Waals surface area contributed by atoms with Gasteiger partial charge in [-0.05, 0) is 55.4 Å². The second-order valence-corrected chi connectivity index (χ2v) is 8.07. The summed E-state index contributed by atoms with van der Waals surface area (Å²) in [5, 5.41) is 4.55.